The SMILES string of the molecule is NC(N)=NCC1CCCN1Cc1ccc(I)cc1. The Bertz CT molecular complexity index is 412. The molecule has 98 valence electrons. The van der Waals surface area contributed by atoms with Crippen LogP contribution < -0.4 is 11.5 Å². The Morgan fingerprint density at radius 3 is 2.72 bits per heavy atom. The molecule has 1 aliphatic rings. The molecule has 1 aliphatic heterocycles. The molecule has 18 heavy (non-hydrogen) atoms. The average Bonchev–Trinajstić information content (AvgIpc) is 2.77. The van der Waals surface area contributed by atoms with E-state index in [1.54, 1.807) is 0 Å². The molecule has 1 fully saturated rings. The summed E-state index contributed by atoms with van der Waals surface area (Å²) in [6.07, 6.45) is 2.41. The first-order valence-corrected chi connectivity index (χ1v) is 7.27. The third-order valence-corrected chi connectivity index (χ3v) is 4.00. The number of guanidine groups is 1. The van der Waals surface area contributed by atoms with Crippen LogP contribution in [0.25, 0.3) is 0 Å². The fourth-order valence-electron chi connectivity index (χ4n) is 2.35. The van der Waals surface area contributed by atoms with E-state index in [1.807, 2.05) is 0 Å². The first-order valence-electron chi connectivity index (χ1n) is 6.19. The fraction of sp³-hybridized carbons (Fsp3) is 0.462. The Morgan fingerprint density at radius 2 is 2.06 bits per heavy atom. The van der Waals surface area contributed by atoms with Crippen molar-refractivity contribution in [3.8, 4) is 0 Å². The highest BCUT2D eigenvalue weighted by atomic mass is 127. The Labute approximate surface area is 122 Å². The third kappa shape index (κ3) is 3.84. The minimum Gasteiger partial charge on any atom is -0.370 e. The minimum atomic E-state index is 0.191. The lowest BCUT2D eigenvalue weighted by atomic mass is 10.2. The summed E-state index contributed by atoms with van der Waals surface area (Å²) < 4.78 is 1.27. The molecular formula is C13H19IN4. The van der Waals surface area contributed by atoms with Crippen LogP contribution in [0.2, 0.25) is 0 Å². The van der Waals surface area contributed by atoms with Gasteiger partial charge in [0.25, 0.3) is 0 Å². The third-order valence-electron chi connectivity index (χ3n) is 3.28. The monoisotopic (exact) mass is 358 g/mol. The second kappa shape index (κ2) is 6.38. The highest BCUT2D eigenvalue weighted by Crippen LogP contribution is 2.20. The van der Waals surface area contributed by atoms with Gasteiger partial charge in [-0.1, -0.05) is 12.1 Å². The number of nitrogens with two attached hydrogens (primary N) is 2. The Hall–Kier alpha value is -0.820. The second-order valence-electron chi connectivity index (χ2n) is 4.66. The Kier molecular flexibility index (Phi) is 4.82. The summed E-state index contributed by atoms with van der Waals surface area (Å²) in [6, 6.07) is 9.16. The Balaban J connectivity index is 1.95. The van der Waals surface area contributed by atoms with Crippen molar-refractivity contribution in [1.29, 1.82) is 0 Å². The normalized spacial score (nSPS) is 19.9. The number of halogens is 1. The summed E-state index contributed by atoms with van der Waals surface area (Å²) in [6.45, 7) is 2.84. The lowest BCUT2D eigenvalue weighted by molar-refractivity contribution is 0.250. The number of nitrogens with zero attached hydrogens (tertiary/aromatic N) is 2. The number of hydrogen-bond donors (Lipinski definition) is 2. The number of benzene rings is 1. The zero-order chi connectivity index (χ0) is 13.0. The molecule has 0 spiro atoms. The standard InChI is InChI=1S/C13H19IN4/c14-11-5-3-10(4-6-11)9-18-7-1-2-12(18)8-17-13(15)16/h3-6,12H,1-2,7-9H2,(H4,15,16,17). The van der Waals surface area contributed by atoms with E-state index in [0.29, 0.717) is 12.6 Å². The molecule has 1 unspecified atom stereocenters. The molecule has 1 heterocycles. The van der Waals surface area contributed by atoms with Gasteiger partial charge in [-0.2, -0.15) is 0 Å². The molecule has 0 saturated carbocycles. The first kappa shape index (κ1) is 13.6. The van der Waals surface area contributed by atoms with Crippen molar-refractivity contribution in [2.75, 3.05) is 13.1 Å². The van der Waals surface area contributed by atoms with E-state index < -0.39 is 0 Å². The highest BCUT2D eigenvalue weighted by molar-refractivity contribution is 14.1. The molecule has 1 aromatic carbocycles. The lowest BCUT2D eigenvalue weighted by Crippen LogP contribution is -2.33. The summed E-state index contributed by atoms with van der Waals surface area (Å²) in [5, 5.41) is 0. The van der Waals surface area contributed by atoms with Gasteiger partial charge in [0, 0.05) is 16.2 Å². The molecule has 0 radical (unpaired) electrons. The van der Waals surface area contributed by atoms with Crippen molar-refractivity contribution in [3.05, 3.63) is 33.4 Å². The second-order valence-corrected chi connectivity index (χ2v) is 5.90. The van der Waals surface area contributed by atoms with Gasteiger partial charge in [-0.3, -0.25) is 9.89 Å². The number of rotatable bonds is 4. The van der Waals surface area contributed by atoms with Gasteiger partial charge in [0.2, 0.25) is 0 Å². The van der Waals surface area contributed by atoms with Gasteiger partial charge in [0.05, 0.1) is 6.54 Å². The van der Waals surface area contributed by atoms with E-state index in [-0.39, 0.29) is 5.96 Å². The molecule has 1 atom stereocenters. The van der Waals surface area contributed by atoms with E-state index in [0.717, 1.165) is 13.1 Å². The largest absolute Gasteiger partial charge is 0.370 e. The Morgan fingerprint density at radius 1 is 1.33 bits per heavy atom. The van der Waals surface area contributed by atoms with E-state index in [1.165, 1.54) is 22.0 Å². The molecule has 2 rings (SSSR count). The topological polar surface area (TPSA) is 67.6 Å². The van der Waals surface area contributed by atoms with Gasteiger partial charge in [0.15, 0.2) is 5.96 Å². The van der Waals surface area contributed by atoms with E-state index in [4.69, 9.17) is 11.5 Å². The maximum Gasteiger partial charge on any atom is 0.185 e. The van der Waals surface area contributed by atoms with Crippen LogP contribution in [0.5, 0.6) is 0 Å². The van der Waals surface area contributed by atoms with Crippen LogP contribution in [0.1, 0.15) is 18.4 Å². The van der Waals surface area contributed by atoms with Crippen molar-refractivity contribution in [2.45, 2.75) is 25.4 Å². The summed E-state index contributed by atoms with van der Waals surface area (Å²) in [5.41, 5.74) is 12.1. The van der Waals surface area contributed by atoms with Crippen molar-refractivity contribution in [3.63, 3.8) is 0 Å². The molecule has 0 aliphatic carbocycles. The van der Waals surface area contributed by atoms with Gasteiger partial charge in [-0.05, 0) is 59.7 Å². The first-order chi connectivity index (χ1) is 8.65. The molecule has 1 aromatic rings. The van der Waals surface area contributed by atoms with Crippen LogP contribution in [0.3, 0.4) is 0 Å². The fourth-order valence-corrected chi connectivity index (χ4v) is 2.70. The summed E-state index contributed by atoms with van der Waals surface area (Å²) >= 11 is 2.33. The smallest absolute Gasteiger partial charge is 0.185 e. The molecule has 0 aromatic heterocycles. The zero-order valence-electron chi connectivity index (χ0n) is 10.3. The van der Waals surface area contributed by atoms with Crippen LogP contribution >= 0.6 is 22.6 Å². The molecule has 4 nitrogen and oxygen atoms in total. The highest BCUT2D eigenvalue weighted by Gasteiger charge is 2.23. The lowest BCUT2D eigenvalue weighted by Gasteiger charge is -2.23. The molecule has 4 N–H and O–H groups in total. The number of hydrogen-bond acceptors (Lipinski definition) is 2. The van der Waals surface area contributed by atoms with Crippen LogP contribution in [0.4, 0.5) is 0 Å². The molecule has 0 amide bonds. The van der Waals surface area contributed by atoms with Gasteiger partial charge < -0.3 is 11.5 Å². The predicted molar refractivity (Wildman–Crippen MR) is 83.3 cm³/mol. The maximum atomic E-state index is 5.39. The zero-order valence-corrected chi connectivity index (χ0v) is 12.5. The van der Waals surface area contributed by atoms with Crippen molar-refractivity contribution in [1.82, 2.24) is 4.90 Å². The quantitative estimate of drug-likeness (QED) is 0.487. The van der Waals surface area contributed by atoms with Crippen LogP contribution in [-0.2, 0) is 6.54 Å². The van der Waals surface area contributed by atoms with Crippen molar-refractivity contribution >= 4 is 28.6 Å². The van der Waals surface area contributed by atoms with Gasteiger partial charge in [-0.15, -0.1) is 0 Å². The summed E-state index contributed by atoms with van der Waals surface area (Å²) in [4.78, 5) is 6.61. The number of aliphatic imine (C=N–C) groups is 1. The van der Waals surface area contributed by atoms with Crippen LogP contribution in [0, 0.1) is 3.57 Å². The van der Waals surface area contributed by atoms with Gasteiger partial charge in [-0.25, -0.2) is 0 Å². The molecule has 0 bridgehead atoms. The van der Waals surface area contributed by atoms with E-state index in [2.05, 4.69) is 56.7 Å². The summed E-state index contributed by atoms with van der Waals surface area (Å²) in [7, 11) is 0. The van der Waals surface area contributed by atoms with Crippen molar-refractivity contribution in [2.24, 2.45) is 16.5 Å². The molecular weight excluding hydrogens is 339 g/mol. The maximum absolute atomic E-state index is 5.39. The van der Waals surface area contributed by atoms with Gasteiger partial charge >= 0.3 is 0 Å². The van der Waals surface area contributed by atoms with Crippen molar-refractivity contribution < 1.29 is 0 Å². The molecule has 5 heteroatoms. The average molecular weight is 358 g/mol. The minimum absolute atomic E-state index is 0.191. The van der Waals surface area contributed by atoms with E-state index in [9.17, 15) is 0 Å². The number of likely N-dealkylation sites (tertiary alicyclic amines) is 1. The van der Waals surface area contributed by atoms with E-state index >= 15 is 0 Å². The van der Waals surface area contributed by atoms with Gasteiger partial charge in [0.1, 0.15) is 0 Å². The molecule has 1 saturated heterocycles. The van der Waals surface area contributed by atoms with Crippen LogP contribution in [0.15, 0.2) is 29.3 Å². The summed E-state index contributed by atoms with van der Waals surface area (Å²) in [5.74, 6) is 0.191. The predicted octanol–water partition coefficient (Wildman–Crippen LogP) is 1.53. The van der Waals surface area contributed by atoms with Crippen LogP contribution in [-0.4, -0.2) is 30.0 Å².